The Morgan fingerprint density at radius 2 is 1.70 bits per heavy atom. The highest BCUT2D eigenvalue weighted by atomic mass is 16.5. The molecule has 3 aromatic rings. The topological polar surface area (TPSA) is 98.8 Å². The highest BCUT2D eigenvalue weighted by Crippen LogP contribution is 2.46. The number of hydrogen-bond donors (Lipinski definition) is 2. The van der Waals surface area contributed by atoms with E-state index < -0.39 is 5.41 Å². The van der Waals surface area contributed by atoms with Gasteiger partial charge in [-0.05, 0) is 62.3 Å². The highest BCUT2D eigenvalue weighted by molar-refractivity contribution is 6.13. The zero-order valence-corrected chi connectivity index (χ0v) is 21.0. The molecule has 8 nitrogen and oxygen atoms in total. The standard InChI is InChI=1S/C29H29N3O5/c1-5-21(37-24-12-16-30-23-18-26(36-4)25(35-3)17-22(23)24)7-6-15-31-27(33)29(13-14-29)28(34)32-20-10-8-19(2)9-11-20/h5-12,15-18H,1,13-14H2,2-4H3,(H,31,33)(H,32,34)/b15-6+,21-7+. The third-order valence-corrected chi connectivity index (χ3v) is 6.14. The van der Waals surface area contributed by atoms with Crippen molar-refractivity contribution < 1.29 is 23.8 Å². The van der Waals surface area contributed by atoms with Gasteiger partial charge in [-0.3, -0.25) is 14.6 Å². The number of aryl methyl sites for hydroxylation is 1. The van der Waals surface area contributed by atoms with Gasteiger partial charge in [-0.15, -0.1) is 0 Å². The summed E-state index contributed by atoms with van der Waals surface area (Å²) in [5.41, 5.74) is 1.39. The number of allylic oxidation sites excluding steroid dienone is 3. The number of fused-ring (bicyclic) bond motifs is 1. The predicted molar refractivity (Wildman–Crippen MR) is 143 cm³/mol. The molecule has 190 valence electrons. The SMILES string of the molecule is C=C/C(=C\C=C\NC(=O)C1(C(=O)Nc2ccc(C)cc2)CC1)Oc1ccnc2cc(OC)c(OC)cc12. The van der Waals surface area contributed by atoms with E-state index in [4.69, 9.17) is 14.2 Å². The second-order valence-electron chi connectivity index (χ2n) is 8.64. The van der Waals surface area contributed by atoms with Gasteiger partial charge in [-0.25, -0.2) is 0 Å². The first-order valence-electron chi connectivity index (χ1n) is 11.8. The van der Waals surface area contributed by atoms with E-state index in [1.807, 2.05) is 31.2 Å². The quantitative estimate of drug-likeness (QED) is 0.230. The van der Waals surface area contributed by atoms with Gasteiger partial charge in [0, 0.05) is 29.5 Å². The zero-order valence-electron chi connectivity index (χ0n) is 21.0. The number of rotatable bonds is 10. The Bertz CT molecular complexity index is 1390. The van der Waals surface area contributed by atoms with E-state index in [1.165, 1.54) is 6.20 Å². The summed E-state index contributed by atoms with van der Waals surface area (Å²) in [6.07, 6.45) is 8.96. The molecule has 4 rings (SSSR count). The number of methoxy groups -OCH3 is 2. The van der Waals surface area contributed by atoms with Crippen LogP contribution in [-0.2, 0) is 9.59 Å². The van der Waals surface area contributed by atoms with Gasteiger partial charge in [0.2, 0.25) is 11.8 Å². The number of nitrogens with zero attached hydrogens (tertiary/aromatic N) is 1. The molecule has 2 amide bonds. The monoisotopic (exact) mass is 499 g/mol. The maximum atomic E-state index is 12.8. The molecule has 1 heterocycles. The van der Waals surface area contributed by atoms with E-state index in [9.17, 15) is 9.59 Å². The Labute approximate surface area is 215 Å². The number of benzene rings is 2. The third-order valence-electron chi connectivity index (χ3n) is 6.14. The van der Waals surface area contributed by atoms with Gasteiger partial charge >= 0.3 is 0 Å². The largest absolute Gasteiger partial charge is 0.493 e. The van der Waals surface area contributed by atoms with Gasteiger partial charge in [-0.1, -0.05) is 24.3 Å². The number of amides is 2. The molecule has 1 saturated carbocycles. The number of carbonyl (C=O) groups excluding carboxylic acids is 2. The minimum Gasteiger partial charge on any atom is -0.493 e. The number of pyridine rings is 1. The molecule has 37 heavy (non-hydrogen) atoms. The van der Waals surface area contributed by atoms with Crippen LogP contribution in [0.25, 0.3) is 10.9 Å². The molecular formula is C29H29N3O5. The summed E-state index contributed by atoms with van der Waals surface area (Å²) < 4.78 is 16.8. The van der Waals surface area contributed by atoms with E-state index in [-0.39, 0.29) is 11.8 Å². The Kier molecular flexibility index (Phi) is 7.57. The van der Waals surface area contributed by atoms with Crippen LogP contribution in [-0.4, -0.2) is 31.0 Å². The molecular weight excluding hydrogens is 470 g/mol. The van der Waals surface area contributed by atoms with E-state index in [2.05, 4.69) is 22.2 Å². The first-order valence-corrected chi connectivity index (χ1v) is 11.8. The normalized spacial score (nSPS) is 14.2. The predicted octanol–water partition coefficient (Wildman–Crippen LogP) is 5.06. The van der Waals surface area contributed by atoms with E-state index in [0.29, 0.717) is 47.1 Å². The maximum Gasteiger partial charge on any atom is 0.240 e. The summed E-state index contributed by atoms with van der Waals surface area (Å²) in [5, 5.41) is 6.28. The molecule has 0 saturated heterocycles. The molecule has 1 aromatic heterocycles. The van der Waals surface area contributed by atoms with Crippen molar-refractivity contribution in [2.45, 2.75) is 19.8 Å². The van der Waals surface area contributed by atoms with Crippen molar-refractivity contribution >= 4 is 28.4 Å². The van der Waals surface area contributed by atoms with Crippen LogP contribution in [0.1, 0.15) is 18.4 Å². The van der Waals surface area contributed by atoms with Gasteiger partial charge in [-0.2, -0.15) is 0 Å². The van der Waals surface area contributed by atoms with Gasteiger partial charge < -0.3 is 24.8 Å². The van der Waals surface area contributed by atoms with Crippen molar-refractivity contribution in [1.29, 1.82) is 0 Å². The summed E-state index contributed by atoms with van der Waals surface area (Å²) in [7, 11) is 3.13. The average molecular weight is 500 g/mol. The van der Waals surface area contributed by atoms with Gasteiger partial charge in [0.25, 0.3) is 0 Å². The molecule has 0 bridgehead atoms. The minimum absolute atomic E-state index is 0.301. The number of anilines is 1. The summed E-state index contributed by atoms with van der Waals surface area (Å²) in [5.74, 6) is 1.48. The van der Waals surface area contributed by atoms with Crippen LogP contribution < -0.4 is 24.8 Å². The van der Waals surface area contributed by atoms with Gasteiger partial charge in [0.15, 0.2) is 11.5 Å². The van der Waals surface area contributed by atoms with E-state index >= 15 is 0 Å². The fourth-order valence-corrected chi connectivity index (χ4v) is 3.78. The molecule has 2 aromatic carbocycles. The van der Waals surface area contributed by atoms with Crippen LogP contribution in [0, 0.1) is 12.3 Å². The maximum absolute atomic E-state index is 12.8. The lowest BCUT2D eigenvalue weighted by molar-refractivity contribution is -0.133. The lowest BCUT2D eigenvalue weighted by Crippen LogP contribution is -2.37. The molecule has 0 spiro atoms. The number of hydrogen-bond acceptors (Lipinski definition) is 6. The fourth-order valence-electron chi connectivity index (χ4n) is 3.78. The molecule has 0 unspecified atom stereocenters. The second-order valence-corrected chi connectivity index (χ2v) is 8.64. The molecule has 0 radical (unpaired) electrons. The molecule has 0 aliphatic heterocycles. The van der Waals surface area contributed by atoms with Crippen LogP contribution in [0.5, 0.6) is 17.2 Å². The van der Waals surface area contributed by atoms with Crippen LogP contribution in [0.3, 0.4) is 0 Å². The summed E-state index contributed by atoms with van der Waals surface area (Å²) in [4.78, 5) is 29.9. The number of nitrogens with one attached hydrogen (secondary N) is 2. The van der Waals surface area contributed by atoms with Crippen molar-refractivity contribution in [3.63, 3.8) is 0 Å². The van der Waals surface area contributed by atoms with E-state index in [1.54, 1.807) is 56.8 Å². The first-order chi connectivity index (χ1) is 17.9. The highest BCUT2D eigenvalue weighted by Gasteiger charge is 2.56. The average Bonchev–Trinajstić information content (AvgIpc) is 3.73. The first kappa shape index (κ1) is 25.5. The lowest BCUT2D eigenvalue weighted by atomic mass is 10.1. The van der Waals surface area contributed by atoms with Crippen molar-refractivity contribution in [3.05, 3.63) is 91.0 Å². The lowest BCUT2D eigenvalue weighted by Gasteiger charge is -2.14. The van der Waals surface area contributed by atoms with Crippen LogP contribution >= 0.6 is 0 Å². The van der Waals surface area contributed by atoms with Crippen LogP contribution in [0.2, 0.25) is 0 Å². The van der Waals surface area contributed by atoms with Gasteiger partial charge in [0.05, 0.1) is 19.7 Å². The Morgan fingerprint density at radius 3 is 2.35 bits per heavy atom. The number of aromatic nitrogens is 1. The Hall–Kier alpha value is -4.59. The van der Waals surface area contributed by atoms with Crippen LogP contribution in [0.4, 0.5) is 5.69 Å². The van der Waals surface area contributed by atoms with Gasteiger partial charge in [0.1, 0.15) is 16.9 Å². The number of ether oxygens (including phenoxy) is 3. The molecule has 0 atom stereocenters. The molecule has 8 heteroatoms. The molecule has 1 fully saturated rings. The van der Waals surface area contributed by atoms with Crippen molar-refractivity contribution in [1.82, 2.24) is 10.3 Å². The third kappa shape index (κ3) is 5.64. The fraction of sp³-hybridized carbons (Fsp3) is 0.207. The Morgan fingerprint density at radius 1 is 1.00 bits per heavy atom. The second kappa shape index (κ2) is 11.0. The minimum atomic E-state index is -1.05. The van der Waals surface area contributed by atoms with Crippen molar-refractivity contribution in [2.24, 2.45) is 5.41 Å². The summed E-state index contributed by atoms with van der Waals surface area (Å²) in [6.45, 7) is 5.77. The summed E-state index contributed by atoms with van der Waals surface area (Å²) >= 11 is 0. The van der Waals surface area contributed by atoms with Crippen LogP contribution in [0.15, 0.2) is 85.4 Å². The zero-order chi connectivity index (χ0) is 26.4. The van der Waals surface area contributed by atoms with Crippen molar-refractivity contribution in [2.75, 3.05) is 19.5 Å². The summed E-state index contributed by atoms with van der Waals surface area (Å²) in [6, 6.07) is 12.8. The van der Waals surface area contributed by atoms with Crippen molar-refractivity contribution in [3.8, 4) is 17.2 Å². The molecule has 1 aliphatic rings. The van der Waals surface area contributed by atoms with E-state index in [0.717, 1.165) is 10.9 Å². The molecule has 1 aliphatic carbocycles. The number of carbonyl (C=O) groups is 2. The Balaban J connectivity index is 1.41. The smallest absolute Gasteiger partial charge is 0.240 e. The molecule has 2 N–H and O–H groups in total.